The number of imide groups is 1. The van der Waals surface area contributed by atoms with E-state index in [1.807, 2.05) is 12.1 Å². The van der Waals surface area contributed by atoms with E-state index in [2.05, 4.69) is 35.1 Å². The summed E-state index contributed by atoms with van der Waals surface area (Å²) in [4.78, 5) is 39.1. The standard InChI is InChI=1S/C29H26BrFN2O5S/c1-17(2)20-7-9-22(10-8-20)32-26(34)15-33-28(35)25(39-29(33)36)14-19-12-23(30)27(24(13-19)37-3)38-16-18-5-4-6-21(31)11-18/h4-14,17H,15-16H2,1-3H3,(H,32,34)/b25-14+. The molecule has 3 aromatic rings. The third-order valence-corrected chi connectivity index (χ3v) is 7.35. The number of hydrogen-bond acceptors (Lipinski definition) is 6. The molecule has 3 aromatic carbocycles. The molecule has 39 heavy (non-hydrogen) atoms. The Morgan fingerprint density at radius 1 is 1.13 bits per heavy atom. The molecule has 1 heterocycles. The van der Waals surface area contributed by atoms with E-state index in [0.29, 0.717) is 38.7 Å². The van der Waals surface area contributed by atoms with Crippen molar-refractivity contribution in [1.82, 2.24) is 4.90 Å². The summed E-state index contributed by atoms with van der Waals surface area (Å²) < 4.78 is 25.3. The molecule has 1 saturated heterocycles. The van der Waals surface area contributed by atoms with Crippen LogP contribution in [0.3, 0.4) is 0 Å². The van der Waals surface area contributed by atoms with Crippen molar-refractivity contribution >= 4 is 56.5 Å². The van der Waals surface area contributed by atoms with Crippen molar-refractivity contribution in [3.63, 3.8) is 0 Å². The molecule has 7 nitrogen and oxygen atoms in total. The van der Waals surface area contributed by atoms with Gasteiger partial charge in [-0.25, -0.2) is 4.39 Å². The van der Waals surface area contributed by atoms with Gasteiger partial charge in [-0.1, -0.05) is 38.1 Å². The van der Waals surface area contributed by atoms with Crippen molar-refractivity contribution in [3.05, 3.63) is 92.5 Å². The predicted molar refractivity (Wildman–Crippen MR) is 153 cm³/mol. The third-order valence-electron chi connectivity index (χ3n) is 5.86. The number of methoxy groups -OCH3 is 1. The van der Waals surface area contributed by atoms with Crippen LogP contribution in [0.1, 0.15) is 36.5 Å². The Morgan fingerprint density at radius 2 is 1.87 bits per heavy atom. The molecule has 0 saturated carbocycles. The van der Waals surface area contributed by atoms with Crippen molar-refractivity contribution < 1.29 is 28.2 Å². The maximum atomic E-state index is 13.5. The van der Waals surface area contributed by atoms with Crippen LogP contribution >= 0.6 is 27.7 Å². The fourth-order valence-corrected chi connectivity index (χ4v) is 5.24. The maximum Gasteiger partial charge on any atom is 0.294 e. The smallest absolute Gasteiger partial charge is 0.294 e. The second-order valence-corrected chi connectivity index (χ2v) is 10.9. The minimum atomic E-state index is -0.558. The first-order valence-electron chi connectivity index (χ1n) is 12.0. The fourth-order valence-electron chi connectivity index (χ4n) is 3.83. The Kier molecular flexibility index (Phi) is 9.08. The molecule has 3 amide bonds. The van der Waals surface area contributed by atoms with Crippen LogP contribution in [0.15, 0.2) is 70.0 Å². The first-order chi connectivity index (χ1) is 18.6. The fraction of sp³-hybridized carbons (Fsp3) is 0.207. The molecule has 0 atom stereocenters. The van der Waals surface area contributed by atoms with Crippen LogP contribution in [0.25, 0.3) is 6.08 Å². The van der Waals surface area contributed by atoms with Crippen molar-refractivity contribution in [2.45, 2.75) is 26.4 Å². The number of carbonyl (C=O) groups excluding carboxylic acids is 3. The van der Waals surface area contributed by atoms with E-state index in [1.165, 1.54) is 19.2 Å². The van der Waals surface area contributed by atoms with Crippen LogP contribution in [0.5, 0.6) is 11.5 Å². The predicted octanol–water partition coefficient (Wildman–Crippen LogP) is 6.97. The third kappa shape index (κ3) is 7.07. The molecule has 4 rings (SSSR count). The lowest BCUT2D eigenvalue weighted by atomic mass is 10.0. The van der Waals surface area contributed by atoms with Crippen LogP contribution in [0.4, 0.5) is 14.9 Å². The SMILES string of the molecule is COc1cc(/C=C2/SC(=O)N(CC(=O)Nc3ccc(C(C)C)cc3)C2=O)cc(Br)c1OCc1cccc(F)c1. The highest BCUT2D eigenvalue weighted by molar-refractivity contribution is 9.10. The minimum absolute atomic E-state index is 0.120. The van der Waals surface area contributed by atoms with Crippen LogP contribution in [0, 0.1) is 5.82 Å². The average Bonchev–Trinajstić information content (AvgIpc) is 3.15. The Labute approximate surface area is 238 Å². The molecular weight excluding hydrogens is 587 g/mol. The van der Waals surface area contributed by atoms with Gasteiger partial charge in [0.25, 0.3) is 11.1 Å². The van der Waals surface area contributed by atoms with Crippen LogP contribution in [-0.4, -0.2) is 35.6 Å². The van der Waals surface area contributed by atoms with Crippen molar-refractivity contribution in [2.75, 3.05) is 19.0 Å². The first kappa shape index (κ1) is 28.4. The number of nitrogens with zero attached hydrogens (tertiary/aromatic N) is 1. The molecule has 0 aliphatic carbocycles. The van der Waals surface area contributed by atoms with E-state index in [4.69, 9.17) is 9.47 Å². The molecule has 1 N–H and O–H groups in total. The van der Waals surface area contributed by atoms with E-state index < -0.39 is 23.6 Å². The van der Waals surface area contributed by atoms with Crippen molar-refractivity contribution in [3.8, 4) is 11.5 Å². The number of benzene rings is 3. The number of anilines is 1. The summed E-state index contributed by atoms with van der Waals surface area (Å²) in [6.07, 6.45) is 1.55. The zero-order chi connectivity index (χ0) is 28.1. The second-order valence-electron chi connectivity index (χ2n) is 9.05. The number of ether oxygens (including phenoxy) is 2. The molecule has 0 unspecified atom stereocenters. The van der Waals surface area contributed by atoms with Crippen LogP contribution in [-0.2, 0) is 16.2 Å². The highest BCUT2D eigenvalue weighted by Gasteiger charge is 2.36. The largest absolute Gasteiger partial charge is 0.493 e. The molecule has 0 spiro atoms. The van der Waals surface area contributed by atoms with Gasteiger partial charge in [-0.05, 0) is 92.8 Å². The highest BCUT2D eigenvalue weighted by Crippen LogP contribution is 2.39. The number of halogens is 2. The number of hydrogen-bond donors (Lipinski definition) is 1. The number of amides is 3. The normalized spacial score (nSPS) is 14.3. The van der Waals surface area contributed by atoms with Gasteiger partial charge in [-0.3, -0.25) is 19.3 Å². The number of carbonyl (C=O) groups is 3. The molecule has 0 radical (unpaired) electrons. The number of rotatable bonds is 9. The monoisotopic (exact) mass is 612 g/mol. The zero-order valence-electron chi connectivity index (χ0n) is 21.5. The topological polar surface area (TPSA) is 84.9 Å². The molecule has 10 heteroatoms. The van der Waals surface area contributed by atoms with Gasteiger partial charge in [-0.2, -0.15) is 0 Å². The molecule has 0 bridgehead atoms. The van der Waals surface area contributed by atoms with Gasteiger partial charge < -0.3 is 14.8 Å². The Bertz CT molecular complexity index is 1440. The van der Waals surface area contributed by atoms with Crippen LogP contribution < -0.4 is 14.8 Å². The van der Waals surface area contributed by atoms with E-state index in [9.17, 15) is 18.8 Å². The van der Waals surface area contributed by atoms with Gasteiger partial charge in [0, 0.05) is 5.69 Å². The number of thioether (sulfide) groups is 1. The van der Waals surface area contributed by atoms with Gasteiger partial charge in [0.2, 0.25) is 5.91 Å². The van der Waals surface area contributed by atoms with Crippen molar-refractivity contribution in [1.29, 1.82) is 0 Å². The highest BCUT2D eigenvalue weighted by atomic mass is 79.9. The lowest BCUT2D eigenvalue weighted by Crippen LogP contribution is -2.36. The molecule has 1 fully saturated rings. The van der Waals surface area contributed by atoms with Gasteiger partial charge in [0.15, 0.2) is 11.5 Å². The maximum absolute atomic E-state index is 13.5. The van der Waals surface area contributed by atoms with E-state index in [0.717, 1.165) is 22.2 Å². The molecular formula is C29H26BrFN2O5S. The Hall–Kier alpha value is -3.63. The number of nitrogens with one attached hydrogen (secondary N) is 1. The molecule has 1 aliphatic heterocycles. The molecule has 1 aliphatic rings. The van der Waals surface area contributed by atoms with Gasteiger partial charge in [0.1, 0.15) is 19.0 Å². The lowest BCUT2D eigenvalue weighted by molar-refractivity contribution is -0.127. The molecule has 0 aromatic heterocycles. The Balaban J connectivity index is 1.44. The minimum Gasteiger partial charge on any atom is -0.493 e. The quantitative estimate of drug-likeness (QED) is 0.263. The average molecular weight is 614 g/mol. The first-order valence-corrected chi connectivity index (χ1v) is 13.7. The second kappa shape index (κ2) is 12.5. The lowest BCUT2D eigenvalue weighted by Gasteiger charge is -2.14. The van der Waals surface area contributed by atoms with Crippen molar-refractivity contribution in [2.24, 2.45) is 0 Å². The summed E-state index contributed by atoms with van der Waals surface area (Å²) in [5, 5.41) is 2.19. The van der Waals surface area contributed by atoms with E-state index in [1.54, 1.807) is 42.5 Å². The summed E-state index contributed by atoms with van der Waals surface area (Å²) in [6.45, 7) is 3.88. The summed E-state index contributed by atoms with van der Waals surface area (Å²) in [6, 6.07) is 16.9. The Morgan fingerprint density at radius 3 is 2.54 bits per heavy atom. The van der Waals surface area contributed by atoms with Gasteiger partial charge >= 0.3 is 0 Å². The van der Waals surface area contributed by atoms with Gasteiger partial charge in [-0.15, -0.1) is 0 Å². The zero-order valence-corrected chi connectivity index (χ0v) is 23.9. The summed E-state index contributed by atoms with van der Waals surface area (Å²) in [5.74, 6) is -0.235. The summed E-state index contributed by atoms with van der Waals surface area (Å²) >= 11 is 4.22. The summed E-state index contributed by atoms with van der Waals surface area (Å²) in [7, 11) is 1.48. The van der Waals surface area contributed by atoms with Gasteiger partial charge in [0.05, 0.1) is 16.5 Å². The van der Waals surface area contributed by atoms with E-state index >= 15 is 0 Å². The molecule has 202 valence electrons. The summed E-state index contributed by atoms with van der Waals surface area (Å²) in [5.41, 5.74) is 2.96. The van der Waals surface area contributed by atoms with E-state index in [-0.39, 0.29) is 17.3 Å². The van der Waals surface area contributed by atoms with Crippen LogP contribution in [0.2, 0.25) is 0 Å².